The number of unbranched alkanes of at least 4 members (excludes halogenated alkanes) is 1. The van der Waals surface area contributed by atoms with Crippen LogP contribution in [-0.2, 0) is 21.8 Å². The van der Waals surface area contributed by atoms with Crippen LogP contribution >= 0.6 is 11.8 Å². The van der Waals surface area contributed by atoms with Crippen molar-refractivity contribution in [3.63, 3.8) is 0 Å². The zero-order chi connectivity index (χ0) is 31.1. The first-order valence-electron chi connectivity index (χ1n) is 15.2. The molecule has 1 aromatic heterocycles. The number of benzene rings is 3. The number of aromatic nitrogens is 2. The molecular formula is C36H43N3O4S. The van der Waals surface area contributed by atoms with E-state index in [4.69, 9.17) is 14.2 Å². The number of carbonyl (C=O) groups is 1. The number of methoxy groups -OCH3 is 1. The number of carbonyl (C=O) groups excluding carboxylic acids is 1. The van der Waals surface area contributed by atoms with Gasteiger partial charge in [0, 0.05) is 53.0 Å². The zero-order valence-electron chi connectivity index (χ0n) is 26.2. The van der Waals surface area contributed by atoms with Crippen molar-refractivity contribution in [1.82, 2.24) is 9.55 Å². The van der Waals surface area contributed by atoms with Crippen molar-refractivity contribution >= 4 is 29.4 Å². The first-order valence-corrected chi connectivity index (χ1v) is 16.2. The lowest BCUT2D eigenvalue weighted by atomic mass is 9.98. The molecule has 0 radical (unpaired) electrons. The van der Waals surface area contributed by atoms with Gasteiger partial charge >= 0.3 is 0 Å². The molecule has 3 aromatic carbocycles. The summed E-state index contributed by atoms with van der Waals surface area (Å²) in [6, 6.07) is 20.0. The standard InChI is InChI=1S/C36H43N3O4S/c1-5-7-19-42-20-21-43-33-13-8-28(9-14-33)30-22-27(3)36(41-4)29(23-30)10-17-35(40)38-31-11-15-34(16-12-31)44-25-32-24-37-26-39(32)18-6-2/h8-17,22-24,26H,5-7,18-21,25H2,1-4H3,(H,38,40)/b17-10+. The second-order valence-corrected chi connectivity index (χ2v) is 11.5. The van der Waals surface area contributed by atoms with Crippen LogP contribution in [-0.4, -0.2) is 42.4 Å². The van der Waals surface area contributed by atoms with Crippen molar-refractivity contribution in [3.8, 4) is 22.6 Å². The molecule has 1 N–H and O–H groups in total. The Morgan fingerprint density at radius 3 is 2.50 bits per heavy atom. The van der Waals surface area contributed by atoms with E-state index in [1.54, 1.807) is 24.9 Å². The minimum atomic E-state index is -0.209. The van der Waals surface area contributed by atoms with Gasteiger partial charge < -0.3 is 24.1 Å². The molecule has 1 heterocycles. The Morgan fingerprint density at radius 2 is 1.77 bits per heavy atom. The third-order valence-corrected chi connectivity index (χ3v) is 8.07. The number of rotatable bonds is 17. The van der Waals surface area contributed by atoms with E-state index >= 15 is 0 Å². The number of thioether (sulfide) groups is 1. The lowest BCUT2D eigenvalue weighted by Gasteiger charge is -2.13. The Bertz CT molecular complexity index is 1500. The Labute approximate surface area is 265 Å². The molecular weight excluding hydrogens is 570 g/mol. The lowest BCUT2D eigenvalue weighted by molar-refractivity contribution is -0.111. The van der Waals surface area contributed by atoms with Crippen LogP contribution in [0.5, 0.6) is 11.5 Å². The molecule has 0 unspecified atom stereocenters. The molecule has 8 heteroatoms. The maximum Gasteiger partial charge on any atom is 0.248 e. The van der Waals surface area contributed by atoms with Crippen LogP contribution in [0, 0.1) is 6.92 Å². The van der Waals surface area contributed by atoms with E-state index in [1.807, 2.05) is 74.0 Å². The lowest BCUT2D eigenvalue weighted by Crippen LogP contribution is -2.07. The van der Waals surface area contributed by atoms with Crippen LogP contribution in [0.25, 0.3) is 17.2 Å². The predicted molar refractivity (Wildman–Crippen MR) is 181 cm³/mol. The quantitative estimate of drug-likeness (QED) is 0.0732. The second-order valence-electron chi connectivity index (χ2n) is 10.5. The topological polar surface area (TPSA) is 74.6 Å². The normalized spacial score (nSPS) is 11.2. The highest BCUT2D eigenvalue weighted by Crippen LogP contribution is 2.32. The van der Waals surface area contributed by atoms with Crippen LogP contribution in [0.15, 0.2) is 84.2 Å². The summed E-state index contributed by atoms with van der Waals surface area (Å²) in [6.07, 6.45) is 10.4. The largest absolute Gasteiger partial charge is 0.496 e. The van der Waals surface area contributed by atoms with E-state index in [0.29, 0.717) is 13.2 Å². The molecule has 0 aliphatic carbocycles. The second kappa shape index (κ2) is 17.3. The molecule has 0 saturated carbocycles. The third kappa shape index (κ3) is 9.76. The maximum absolute atomic E-state index is 12.8. The highest BCUT2D eigenvalue weighted by atomic mass is 32.2. The summed E-state index contributed by atoms with van der Waals surface area (Å²) in [5, 5.41) is 2.96. The third-order valence-electron chi connectivity index (χ3n) is 7.02. The van der Waals surface area contributed by atoms with Gasteiger partial charge in [0.05, 0.1) is 20.0 Å². The first kappa shape index (κ1) is 32.9. The van der Waals surface area contributed by atoms with Crippen molar-refractivity contribution < 1.29 is 19.0 Å². The Balaban J connectivity index is 1.35. The molecule has 232 valence electrons. The zero-order valence-corrected chi connectivity index (χ0v) is 27.0. The van der Waals surface area contributed by atoms with Gasteiger partial charge in [0.2, 0.25) is 5.91 Å². The number of anilines is 1. The molecule has 7 nitrogen and oxygen atoms in total. The summed E-state index contributed by atoms with van der Waals surface area (Å²) < 4.78 is 19.3. The van der Waals surface area contributed by atoms with Gasteiger partial charge in [0.15, 0.2) is 0 Å². The highest BCUT2D eigenvalue weighted by molar-refractivity contribution is 7.98. The molecule has 4 aromatic rings. The number of aryl methyl sites for hydroxylation is 2. The van der Waals surface area contributed by atoms with Crippen molar-refractivity contribution in [2.75, 3.05) is 32.2 Å². The van der Waals surface area contributed by atoms with Gasteiger partial charge in [-0.15, -0.1) is 11.8 Å². The fourth-order valence-electron chi connectivity index (χ4n) is 4.73. The fourth-order valence-corrected chi connectivity index (χ4v) is 5.62. The van der Waals surface area contributed by atoms with Crippen molar-refractivity contribution in [1.29, 1.82) is 0 Å². The Kier molecular flexibility index (Phi) is 13.0. The van der Waals surface area contributed by atoms with E-state index in [9.17, 15) is 4.79 Å². The minimum absolute atomic E-state index is 0.209. The summed E-state index contributed by atoms with van der Waals surface area (Å²) in [5.41, 5.74) is 5.85. The fraction of sp³-hybridized carbons (Fsp3) is 0.333. The van der Waals surface area contributed by atoms with E-state index in [0.717, 1.165) is 82.5 Å². The summed E-state index contributed by atoms with van der Waals surface area (Å²) in [5.74, 6) is 2.18. The van der Waals surface area contributed by atoms with Crippen molar-refractivity contribution in [2.24, 2.45) is 0 Å². The average Bonchev–Trinajstić information content (AvgIpc) is 3.48. The number of nitrogens with one attached hydrogen (secondary N) is 1. The molecule has 0 fully saturated rings. The smallest absolute Gasteiger partial charge is 0.248 e. The summed E-state index contributed by atoms with van der Waals surface area (Å²) in [6.45, 7) is 9.18. The molecule has 0 bridgehead atoms. The average molecular weight is 614 g/mol. The van der Waals surface area contributed by atoms with Crippen molar-refractivity contribution in [2.45, 2.75) is 57.2 Å². The Morgan fingerprint density at radius 1 is 0.977 bits per heavy atom. The van der Waals surface area contributed by atoms with Crippen LogP contribution in [0.2, 0.25) is 0 Å². The van der Waals surface area contributed by atoms with Gasteiger partial charge in [-0.05, 0) is 91.1 Å². The van der Waals surface area contributed by atoms with Crippen LogP contribution in [0.3, 0.4) is 0 Å². The van der Waals surface area contributed by atoms with Crippen LogP contribution < -0.4 is 14.8 Å². The molecule has 44 heavy (non-hydrogen) atoms. The van der Waals surface area contributed by atoms with E-state index in [2.05, 4.69) is 34.8 Å². The van der Waals surface area contributed by atoms with Gasteiger partial charge in [-0.1, -0.05) is 32.4 Å². The highest BCUT2D eigenvalue weighted by Gasteiger charge is 2.10. The number of amides is 1. The van der Waals surface area contributed by atoms with Gasteiger partial charge in [0.25, 0.3) is 0 Å². The number of ether oxygens (including phenoxy) is 3. The van der Waals surface area contributed by atoms with E-state index in [-0.39, 0.29) is 5.91 Å². The molecule has 1 amide bonds. The molecule has 0 aliphatic rings. The SMILES string of the molecule is CCCCOCCOc1ccc(-c2cc(C)c(OC)c(/C=C/C(=O)Nc3ccc(SCc4cncn4CCC)cc3)c2)cc1. The molecule has 4 rings (SSSR count). The van der Waals surface area contributed by atoms with E-state index in [1.165, 1.54) is 11.8 Å². The van der Waals surface area contributed by atoms with Gasteiger partial charge in [-0.2, -0.15) is 0 Å². The van der Waals surface area contributed by atoms with Crippen LogP contribution in [0.1, 0.15) is 49.9 Å². The summed E-state index contributed by atoms with van der Waals surface area (Å²) >= 11 is 1.75. The summed E-state index contributed by atoms with van der Waals surface area (Å²) in [4.78, 5) is 18.2. The Hall–Kier alpha value is -4.01. The molecule has 0 atom stereocenters. The number of hydrogen-bond donors (Lipinski definition) is 1. The minimum Gasteiger partial charge on any atom is -0.496 e. The number of imidazole rings is 1. The van der Waals surface area contributed by atoms with Gasteiger partial charge in [0.1, 0.15) is 18.1 Å². The monoisotopic (exact) mass is 613 g/mol. The molecule has 0 aliphatic heterocycles. The molecule has 0 saturated heterocycles. The maximum atomic E-state index is 12.8. The van der Waals surface area contributed by atoms with Crippen LogP contribution in [0.4, 0.5) is 5.69 Å². The number of hydrogen-bond acceptors (Lipinski definition) is 6. The summed E-state index contributed by atoms with van der Waals surface area (Å²) in [7, 11) is 1.65. The first-order chi connectivity index (χ1) is 21.5. The predicted octanol–water partition coefficient (Wildman–Crippen LogP) is 8.42. The van der Waals surface area contributed by atoms with Crippen molar-refractivity contribution in [3.05, 3.63) is 96.1 Å². The van der Waals surface area contributed by atoms with E-state index < -0.39 is 0 Å². The number of nitrogens with zero attached hydrogens (tertiary/aromatic N) is 2. The van der Waals surface area contributed by atoms with Gasteiger partial charge in [-0.3, -0.25) is 4.79 Å². The molecule has 0 spiro atoms. The van der Waals surface area contributed by atoms with Gasteiger partial charge in [-0.25, -0.2) is 4.98 Å².